The lowest BCUT2D eigenvalue weighted by atomic mass is 10.0. The van der Waals surface area contributed by atoms with E-state index < -0.39 is 15.1 Å². The summed E-state index contributed by atoms with van der Waals surface area (Å²) in [6.07, 6.45) is 0.822. The Morgan fingerprint density at radius 2 is 1.81 bits per heavy atom. The van der Waals surface area contributed by atoms with Crippen molar-refractivity contribution in [1.29, 1.82) is 0 Å². The summed E-state index contributed by atoms with van der Waals surface area (Å²) in [5, 5.41) is 6.43. The van der Waals surface area contributed by atoms with E-state index in [1.165, 1.54) is 11.3 Å². The van der Waals surface area contributed by atoms with Gasteiger partial charge < -0.3 is 10.6 Å². The Labute approximate surface area is 159 Å². The van der Waals surface area contributed by atoms with Crippen molar-refractivity contribution in [1.82, 2.24) is 10.6 Å². The number of urea groups is 1. The lowest BCUT2D eigenvalue weighted by molar-refractivity contribution is 0.241. The molecule has 5 nitrogen and oxygen atoms in total. The molecule has 0 radical (unpaired) electrons. The molecule has 7 heteroatoms. The molecule has 2 amide bonds. The Morgan fingerprint density at radius 3 is 2.35 bits per heavy atom. The summed E-state index contributed by atoms with van der Waals surface area (Å²) in [7, 11) is -3.61. The lowest BCUT2D eigenvalue weighted by Gasteiger charge is -2.18. The molecule has 1 heterocycles. The molecule has 26 heavy (non-hydrogen) atoms. The highest BCUT2D eigenvalue weighted by Crippen LogP contribution is 2.32. The average Bonchev–Trinajstić information content (AvgIpc) is 3.14. The Bertz CT molecular complexity index is 798. The summed E-state index contributed by atoms with van der Waals surface area (Å²) in [6, 6.07) is 10.3. The first-order chi connectivity index (χ1) is 12.4. The monoisotopic (exact) mass is 394 g/mol. The first-order valence-electron chi connectivity index (χ1n) is 8.75. The van der Waals surface area contributed by atoms with Crippen LogP contribution in [0.25, 0.3) is 0 Å². The van der Waals surface area contributed by atoms with Crippen molar-refractivity contribution in [2.75, 3.05) is 13.1 Å². The quantitative estimate of drug-likeness (QED) is 0.708. The summed E-state index contributed by atoms with van der Waals surface area (Å²) in [5.74, 6) is 0.337. The van der Waals surface area contributed by atoms with E-state index in [4.69, 9.17) is 0 Å². The van der Waals surface area contributed by atoms with E-state index in [2.05, 4.69) is 24.5 Å². The smallest absolute Gasteiger partial charge is 0.314 e. The standard InChI is InChI=1S/C19H26N2O3S2/c1-4-11-20-19(22)21-13-18(17-6-5-12-25-17)26(23,24)16-9-7-15(8-10-16)14(2)3/h5-10,12,14,18H,4,11,13H2,1-3H3,(H2,20,21,22)/t18-/m1/s1. The van der Waals surface area contributed by atoms with Crippen molar-refractivity contribution < 1.29 is 13.2 Å². The summed E-state index contributed by atoms with van der Waals surface area (Å²) < 4.78 is 26.3. The number of hydrogen-bond donors (Lipinski definition) is 2. The van der Waals surface area contributed by atoms with E-state index in [1.54, 1.807) is 18.2 Å². The molecule has 0 fully saturated rings. The molecular weight excluding hydrogens is 368 g/mol. The van der Waals surface area contributed by atoms with Crippen LogP contribution in [0.3, 0.4) is 0 Å². The van der Waals surface area contributed by atoms with Crippen molar-refractivity contribution in [3.05, 3.63) is 52.2 Å². The first-order valence-corrected chi connectivity index (χ1v) is 11.2. The summed E-state index contributed by atoms with van der Waals surface area (Å²) in [5.41, 5.74) is 1.09. The molecule has 2 rings (SSSR count). The van der Waals surface area contributed by atoms with Crippen molar-refractivity contribution in [2.24, 2.45) is 0 Å². The number of carbonyl (C=O) groups is 1. The van der Waals surface area contributed by atoms with Gasteiger partial charge in [0, 0.05) is 18.0 Å². The van der Waals surface area contributed by atoms with Crippen LogP contribution in [0.15, 0.2) is 46.7 Å². The fraction of sp³-hybridized carbons (Fsp3) is 0.421. The zero-order chi connectivity index (χ0) is 19.2. The molecule has 0 spiro atoms. The molecule has 0 saturated carbocycles. The number of hydrogen-bond acceptors (Lipinski definition) is 4. The Balaban J connectivity index is 2.24. The van der Waals surface area contributed by atoms with Gasteiger partial charge in [0.1, 0.15) is 5.25 Å². The van der Waals surface area contributed by atoms with Gasteiger partial charge in [0.15, 0.2) is 9.84 Å². The third-order valence-corrected chi connectivity index (χ3v) is 7.33. The Morgan fingerprint density at radius 1 is 1.12 bits per heavy atom. The fourth-order valence-electron chi connectivity index (χ4n) is 2.53. The van der Waals surface area contributed by atoms with E-state index in [-0.39, 0.29) is 17.5 Å². The lowest BCUT2D eigenvalue weighted by Crippen LogP contribution is -2.39. The molecule has 1 aromatic heterocycles. The molecule has 1 aromatic carbocycles. The zero-order valence-corrected chi connectivity index (χ0v) is 17.0. The predicted molar refractivity (Wildman–Crippen MR) is 106 cm³/mol. The Hall–Kier alpha value is -1.86. The van der Waals surface area contributed by atoms with Gasteiger partial charge in [-0.05, 0) is 41.5 Å². The van der Waals surface area contributed by atoms with Crippen LogP contribution in [-0.4, -0.2) is 27.5 Å². The minimum atomic E-state index is -3.61. The predicted octanol–water partition coefficient (Wildman–Crippen LogP) is 4.10. The van der Waals surface area contributed by atoms with E-state index >= 15 is 0 Å². The van der Waals surface area contributed by atoms with Crippen molar-refractivity contribution in [3.8, 4) is 0 Å². The molecule has 0 aliphatic carbocycles. The first kappa shape index (κ1) is 20.5. The van der Waals surface area contributed by atoms with Gasteiger partial charge in [0.25, 0.3) is 0 Å². The highest BCUT2D eigenvalue weighted by Gasteiger charge is 2.30. The second-order valence-electron chi connectivity index (χ2n) is 6.41. The summed E-state index contributed by atoms with van der Waals surface area (Å²) in [4.78, 5) is 12.8. The maximum Gasteiger partial charge on any atom is 0.314 e. The van der Waals surface area contributed by atoms with Crippen LogP contribution in [0.1, 0.15) is 48.8 Å². The van der Waals surface area contributed by atoms with Gasteiger partial charge in [0.05, 0.1) is 4.90 Å². The number of rotatable bonds is 8. The molecule has 2 N–H and O–H groups in total. The van der Waals surface area contributed by atoms with Crippen LogP contribution in [0, 0.1) is 0 Å². The SMILES string of the molecule is CCCNC(=O)NC[C@H](c1cccs1)S(=O)(=O)c1ccc(C(C)C)cc1. The molecule has 142 valence electrons. The molecule has 0 aliphatic heterocycles. The van der Waals surface area contributed by atoms with Gasteiger partial charge in [-0.1, -0.05) is 39.0 Å². The molecule has 2 aromatic rings. The molecule has 0 unspecified atom stereocenters. The average molecular weight is 395 g/mol. The van der Waals surface area contributed by atoms with Crippen LogP contribution < -0.4 is 10.6 Å². The largest absolute Gasteiger partial charge is 0.338 e. The van der Waals surface area contributed by atoms with Gasteiger partial charge in [-0.25, -0.2) is 13.2 Å². The van der Waals surface area contributed by atoms with Crippen LogP contribution in [0.5, 0.6) is 0 Å². The topological polar surface area (TPSA) is 75.3 Å². The number of benzene rings is 1. The van der Waals surface area contributed by atoms with Crippen LogP contribution in [0.4, 0.5) is 4.79 Å². The van der Waals surface area contributed by atoms with Gasteiger partial charge in [-0.15, -0.1) is 11.3 Å². The molecule has 1 atom stereocenters. The summed E-state index contributed by atoms with van der Waals surface area (Å²) in [6.45, 7) is 6.68. The number of nitrogens with one attached hydrogen (secondary N) is 2. The third kappa shape index (κ3) is 5.08. The molecular formula is C19H26N2O3S2. The molecule has 0 saturated heterocycles. The molecule has 0 bridgehead atoms. The highest BCUT2D eigenvalue weighted by atomic mass is 32.2. The van der Waals surface area contributed by atoms with E-state index in [0.717, 1.165) is 12.0 Å². The Kier molecular flexibility index (Phi) is 7.23. The summed E-state index contributed by atoms with van der Waals surface area (Å²) >= 11 is 1.38. The maximum absolute atomic E-state index is 13.2. The van der Waals surface area contributed by atoms with Crippen molar-refractivity contribution in [2.45, 2.75) is 43.3 Å². The minimum absolute atomic E-state index is 0.0321. The number of amides is 2. The minimum Gasteiger partial charge on any atom is -0.338 e. The van der Waals surface area contributed by atoms with E-state index in [0.29, 0.717) is 17.3 Å². The van der Waals surface area contributed by atoms with Crippen LogP contribution in [0.2, 0.25) is 0 Å². The van der Waals surface area contributed by atoms with Crippen LogP contribution >= 0.6 is 11.3 Å². The zero-order valence-electron chi connectivity index (χ0n) is 15.4. The van der Waals surface area contributed by atoms with Crippen molar-refractivity contribution in [3.63, 3.8) is 0 Å². The van der Waals surface area contributed by atoms with Gasteiger partial charge in [-0.3, -0.25) is 0 Å². The normalized spacial score (nSPS) is 12.8. The maximum atomic E-state index is 13.2. The van der Waals surface area contributed by atoms with E-state index in [9.17, 15) is 13.2 Å². The highest BCUT2D eigenvalue weighted by molar-refractivity contribution is 7.91. The third-order valence-electron chi connectivity index (χ3n) is 4.09. The van der Waals surface area contributed by atoms with Gasteiger partial charge in [0.2, 0.25) is 0 Å². The van der Waals surface area contributed by atoms with Crippen LogP contribution in [-0.2, 0) is 9.84 Å². The van der Waals surface area contributed by atoms with E-state index in [1.807, 2.05) is 30.5 Å². The number of thiophene rings is 1. The fourth-order valence-corrected chi connectivity index (χ4v) is 5.32. The van der Waals surface area contributed by atoms with Crippen molar-refractivity contribution >= 4 is 27.2 Å². The van der Waals surface area contributed by atoms with Gasteiger partial charge >= 0.3 is 6.03 Å². The second-order valence-corrected chi connectivity index (χ2v) is 9.52. The second kappa shape index (κ2) is 9.19. The molecule has 0 aliphatic rings. The number of sulfone groups is 1. The van der Waals surface area contributed by atoms with Gasteiger partial charge in [-0.2, -0.15) is 0 Å². The number of carbonyl (C=O) groups excluding carboxylic acids is 1.